The fourth-order valence-electron chi connectivity index (χ4n) is 1.81. The fraction of sp³-hybridized carbons (Fsp3) is 0.231. The number of rotatable bonds is 6. The lowest BCUT2D eigenvalue weighted by Gasteiger charge is -2.17. The number of imidazole rings is 1. The Bertz CT molecular complexity index is 726. The predicted octanol–water partition coefficient (Wildman–Crippen LogP) is 1.28. The Kier molecular flexibility index (Phi) is 4.71. The van der Waals surface area contributed by atoms with Crippen molar-refractivity contribution in [2.75, 3.05) is 0 Å². The number of aromatic nitrogens is 2. The maximum Gasteiger partial charge on any atom is 0.258 e. The van der Waals surface area contributed by atoms with E-state index in [2.05, 4.69) is 14.7 Å². The molecule has 2 aromatic rings. The molecule has 0 aliphatic carbocycles. The molecule has 0 radical (unpaired) electrons. The third-order valence-electron chi connectivity index (χ3n) is 2.92. The number of aromatic amines is 1. The Morgan fingerprint density at radius 2 is 2.10 bits per heavy atom. The van der Waals surface area contributed by atoms with Crippen molar-refractivity contribution in [1.82, 2.24) is 14.7 Å². The standard InChI is InChI=1S/C13H16N4O2S2/c1-2-10-15-8-11(16-10)21(18,19)17-12(13(14)20)9-6-4-3-5-7-9/h3-8,12,17H,2H2,1H3,(H2,14,20)(H,15,16). The van der Waals surface area contributed by atoms with Gasteiger partial charge in [0.15, 0.2) is 5.03 Å². The van der Waals surface area contributed by atoms with Crippen molar-refractivity contribution in [2.45, 2.75) is 24.4 Å². The van der Waals surface area contributed by atoms with Gasteiger partial charge in [-0.25, -0.2) is 13.4 Å². The Labute approximate surface area is 128 Å². The van der Waals surface area contributed by atoms with Gasteiger partial charge in [0.25, 0.3) is 10.0 Å². The maximum atomic E-state index is 12.4. The number of nitrogens with zero attached hydrogens (tertiary/aromatic N) is 1. The van der Waals surface area contributed by atoms with Crippen LogP contribution in [0.1, 0.15) is 24.4 Å². The fourth-order valence-corrected chi connectivity index (χ4v) is 3.23. The van der Waals surface area contributed by atoms with Crippen LogP contribution in [0.4, 0.5) is 0 Å². The number of hydrogen-bond donors (Lipinski definition) is 3. The van der Waals surface area contributed by atoms with E-state index in [-0.39, 0.29) is 10.0 Å². The summed E-state index contributed by atoms with van der Waals surface area (Å²) >= 11 is 4.97. The Morgan fingerprint density at radius 1 is 1.43 bits per heavy atom. The van der Waals surface area contributed by atoms with E-state index < -0.39 is 16.1 Å². The van der Waals surface area contributed by atoms with Crippen molar-refractivity contribution in [3.8, 4) is 0 Å². The van der Waals surface area contributed by atoms with Gasteiger partial charge in [0.2, 0.25) is 0 Å². The van der Waals surface area contributed by atoms with E-state index in [1.54, 1.807) is 24.3 Å². The van der Waals surface area contributed by atoms with E-state index in [1.807, 2.05) is 13.0 Å². The molecular weight excluding hydrogens is 308 g/mol. The van der Waals surface area contributed by atoms with Crippen LogP contribution in [0, 0.1) is 0 Å². The van der Waals surface area contributed by atoms with E-state index in [4.69, 9.17) is 18.0 Å². The number of aryl methyl sites for hydroxylation is 1. The first-order chi connectivity index (χ1) is 9.94. The number of benzene rings is 1. The molecule has 4 N–H and O–H groups in total. The number of sulfonamides is 1. The van der Waals surface area contributed by atoms with Gasteiger partial charge in [0.1, 0.15) is 5.82 Å². The number of nitrogens with two attached hydrogens (primary N) is 1. The topological polar surface area (TPSA) is 101 Å². The lowest BCUT2D eigenvalue weighted by atomic mass is 10.1. The molecule has 0 saturated carbocycles. The smallest absolute Gasteiger partial charge is 0.258 e. The Balaban J connectivity index is 2.30. The number of nitrogens with one attached hydrogen (secondary N) is 2. The molecule has 112 valence electrons. The van der Waals surface area contributed by atoms with Gasteiger partial charge in [-0.1, -0.05) is 49.5 Å². The number of hydrogen-bond acceptors (Lipinski definition) is 4. The minimum absolute atomic E-state index is 0.00321. The highest BCUT2D eigenvalue weighted by atomic mass is 32.2. The highest BCUT2D eigenvalue weighted by molar-refractivity contribution is 7.89. The number of thiocarbonyl (C=S) groups is 1. The van der Waals surface area contributed by atoms with Crippen LogP contribution in [0.15, 0.2) is 41.6 Å². The molecule has 1 heterocycles. The van der Waals surface area contributed by atoms with Gasteiger partial charge in [-0.05, 0) is 5.56 Å². The van der Waals surface area contributed by atoms with Crippen molar-refractivity contribution in [3.63, 3.8) is 0 Å². The molecule has 0 amide bonds. The summed E-state index contributed by atoms with van der Waals surface area (Å²) in [5.41, 5.74) is 6.35. The van der Waals surface area contributed by atoms with Gasteiger partial charge in [0, 0.05) is 6.42 Å². The lowest BCUT2D eigenvalue weighted by molar-refractivity contribution is 0.574. The van der Waals surface area contributed by atoms with Crippen molar-refractivity contribution in [2.24, 2.45) is 5.73 Å². The van der Waals surface area contributed by atoms with Crippen molar-refractivity contribution in [3.05, 3.63) is 47.9 Å². The molecule has 0 saturated heterocycles. The normalized spacial score (nSPS) is 13.0. The van der Waals surface area contributed by atoms with Crippen LogP contribution in [0.5, 0.6) is 0 Å². The highest BCUT2D eigenvalue weighted by Gasteiger charge is 2.24. The number of H-pyrrole nitrogens is 1. The monoisotopic (exact) mass is 324 g/mol. The molecule has 1 atom stereocenters. The molecule has 0 spiro atoms. The third-order valence-corrected chi connectivity index (χ3v) is 4.49. The van der Waals surface area contributed by atoms with E-state index in [1.165, 1.54) is 6.20 Å². The van der Waals surface area contributed by atoms with Gasteiger partial charge >= 0.3 is 0 Å². The lowest BCUT2D eigenvalue weighted by Crippen LogP contribution is -2.36. The molecule has 0 aliphatic heterocycles. The predicted molar refractivity (Wildman–Crippen MR) is 84.3 cm³/mol. The molecule has 21 heavy (non-hydrogen) atoms. The summed E-state index contributed by atoms with van der Waals surface area (Å²) in [4.78, 5) is 6.80. The van der Waals surface area contributed by atoms with Crippen molar-refractivity contribution in [1.29, 1.82) is 0 Å². The second-order valence-electron chi connectivity index (χ2n) is 4.42. The van der Waals surface area contributed by atoms with Gasteiger partial charge in [-0.15, -0.1) is 0 Å². The van der Waals surface area contributed by atoms with E-state index in [0.717, 1.165) is 0 Å². The second-order valence-corrected chi connectivity index (χ2v) is 6.57. The first-order valence-electron chi connectivity index (χ1n) is 6.34. The highest BCUT2D eigenvalue weighted by Crippen LogP contribution is 2.17. The maximum absolute atomic E-state index is 12.4. The van der Waals surface area contributed by atoms with E-state index >= 15 is 0 Å². The summed E-state index contributed by atoms with van der Waals surface area (Å²) in [5, 5.41) is -0.00321. The molecule has 0 bridgehead atoms. The van der Waals surface area contributed by atoms with Crippen LogP contribution in [-0.4, -0.2) is 23.4 Å². The molecule has 0 aliphatic rings. The van der Waals surface area contributed by atoms with Crippen molar-refractivity contribution < 1.29 is 8.42 Å². The van der Waals surface area contributed by atoms with E-state index in [9.17, 15) is 8.42 Å². The van der Waals surface area contributed by atoms with Crippen LogP contribution in [0.3, 0.4) is 0 Å². The summed E-state index contributed by atoms with van der Waals surface area (Å²) < 4.78 is 27.2. The summed E-state index contributed by atoms with van der Waals surface area (Å²) in [6.07, 6.45) is 1.90. The largest absolute Gasteiger partial charge is 0.392 e. The minimum atomic E-state index is -3.78. The van der Waals surface area contributed by atoms with E-state index in [0.29, 0.717) is 17.8 Å². The summed E-state index contributed by atoms with van der Waals surface area (Å²) in [6.45, 7) is 1.88. The van der Waals surface area contributed by atoms with Gasteiger partial charge in [-0.2, -0.15) is 4.72 Å². The van der Waals surface area contributed by atoms with Crippen LogP contribution in [-0.2, 0) is 16.4 Å². The first kappa shape index (κ1) is 15.6. The Morgan fingerprint density at radius 3 is 2.62 bits per heavy atom. The average molecular weight is 324 g/mol. The summed E-state index contributed by atoms with van der Waals surface area (Å²) in [5.74, 6) is 0.599. The second kappa shape index (κ2) is 6.33. The molecule has 2 rings (SSSR count). The summed E-state index contributed by atoms with van der Waals surface area (Å²) in [6, 6.07) is 8.17. The SMILES string of the molecule is CCc1ncc(S(=O)(=O)NC(C(N)=S)c2ccccc2)[nH]1. The average Bonchev–Trinajstić information content (AvgIpc) is 2.95. The van der Waals surface area contributed by atoms with Crippen LogP contribution in [0.25, 0.3) is 0 Å². The van der Waals surface area contributed by atoms with Gasteiger partial charge in [-0.3, -0.25) is 0 Å². The van der Waals surface area contributed by atoms with Gasteiger partial charge < -0.3 is 10.7 Å². The van der Waals surface area contributed by atoms with Gasteiger partial charge in [0.05, 0.1) is 17.2 Å². The molecule has 1 aromatic carbocycles. The van der Waals surface area contributed by atoms with Crippen LogP contribution >= 0.6 is 12.2 Å². The molecular formula is C13H16N4O2S2. The first-order valence-corrected chi connectivity index (χ1v) is 8.23. The molecule has 6 nitrogen and oxygen atoms in total. The van der Waals surface area contributed by atoms with Crippen LogP contribution in [0.2, 0.25) is 0 Å². The van der Waals surface area contributed by atoms with Crippen LogP contribution < -0.4 is 10.5 Å². The minimum Gasteiger partial charge on any atom is -0.392 e. The summed E-state index contributed by atoms with van der Waals surface area (Å²) in [7, 11) is -3.78. The molecule has 0 fully saturated rings. The molecule has 1 unspecified atom stereocenters. The zero-order chi connectivity index (χ0) is 15.5. The third kappa shape index (κ3) is 3.66. The quantitative estimate of drug-likeness (QED) is 0.695. The van der Waals surface area contributed by atoms with Crippen molar-refractivity contribution >= 4 is 27.2 Å². The molecule has 1 aromatic heterocycles. The zero-order valence-corrected chi connectivity index (χ0v) is 13.0. The molecule has 8 heteroatoms. The zero-order valence-electron chi connectivity index (χ0n) is 11.4. The Hall–Kier alpha value is -1.77.